The quantitative estimate of drug-likeness (QED) is 0.675. The van der Waals surface area contributed by atoms with Gasteiger partial charge in [-0.3, -0.25) is 10.1 Å². The maximum atomic E-state index is 5.87. The molecule has 3 heterocycles. The van der Waals surface area contributed by atoms with E-state index in [2.05, 4.69) is 32.4 Å². The van der Waals surface area contributed by atoms with E-state index in [1.807, 2.05) is 24.4 Å². The van der Waals surface area contributed by atoms with Gasteiger partial charge in [-0.05, 0) is 18.6 Å². The number of fused-ring (bicyclic) bond motifs is 1. The molecule has 6 nitrogen and oxygen atoms in total. The highest BCUT2D eigenvalue weighted by molar-refractivity contribution is 5.91. The molecule has 0 aromatic carbocycles. The van der Waals surface area contributed by atoms with Gasteiger partial charge in [0.15, 0.2) is 0 Å². The number of nitrogens with one attached hydrogen (secondary N) is 2. The first-order valence-corrected chi connectivity index (χ1v) is 6.58. The third-order valence-corrected chi connectivity index (χ3v) is 3.04. The zero-order valence-corrected chi connectivity index (χ0v) is 11.2. The van der Waals surface area contributed by atoms with Crippen LogP contribution in [0.25, 0.3) is 22.3 Å². The minimum Gasteiger partial charge on any atom is -0.384 e. The molecule has 0 aliphatic carbocycles. The number of rotatable bonds is 4. The second-order valence-electron chi connectivity index (χ2n) is 4.58. The lowest BCUT2D eigenvalue weighted by Crippen LogP contribution is -2.03. The Hall–Kier alpha value is -2.63. The zero-order chi connectivity index (χ0) is 13.9. The van der Waals surface area contributed by atoms with Gasteiger partial charge in [-0.25, -0.2) is 4.98 Å². The zero-order valence-electron chi connectivity index (χ0n) is 11.2. The Morgan fingerprint density at radius 2 is 2.25 bits per heavy atom. The lowest BCUT2D eigenvalue weighted by atomic mass is 10.1. The van der Waals surface area contributed by atoms with Crippen LogP contribution in [0.4, 0.5) is 11.5 Å². The van der Waals surface area contributed by atoms with Crippen LogP contribution in [0.3, 0.4) is 0 Å². The van der Waals surface area contributed by atoms with E-state index in [1.165, 1.54) is 0 Å². The van der Waals surface area contributed by atoms with Crippen molar-refractivity contribution in [3.05, 3.63) is 30.6 Å². The molecule has 0 aliphatic rings. The molecule has 0 unspecified atom stereocenters. The van der Waals surface area contributed by atoms with Crippen molar-refractivity contribution in [3.8, 4) is 11.3 Å². The van der Waals surface area contributed by atoms with Crippen LogP contribution in [0.1, 0.15) is 13.3 Å². The lowest BCUT2D eigenvalue weighted by molar-refractivity contribution is 0.980. The second-order valence-corrected chi connectivity index (χ2v) is 4.58. The van der Waals surface area contributed by atoms with Crippen LogP contribution in [0, 0.1) is 0 Å². The second kappa shape index (κ2) is 5.16. The fourth-order valence-electron chi connectivity index (χ4n) is 2.09. The first-order chi connectivity index (χ1) is 9.78. The minimum absolute atomic E-state index is 0.486. The Morgan fingerprint density at radius 3 is 3.00 bits per heavy atom. The molecule has 4 N–H and O–H groups in total. The highest BCUT2D eigenvalue weighted by Crippen LogP contribution is 2.26. The van der Waals surface area contributed by atoms with Crippen molar-refractivity contribution in [2.24, 2.45) is 0 Å². The number of hydrogen-bond donors (Lipinski definition) is 3. The standard InChI is InChI=1S/C14H16N6/c1-2-4-16-11-7-13(15)19-12-6-9(8-17-14(11)12)10-3-5-18-20-10/h3,5-8H,2,4H2,1H3,(H,18,20)(H3,15,16,19). The molecule has 0 aliphatic heterocycles. The summed E-state index contributed by atoms with van der Waals surface area (Å²) in [6.07, 6.45) is 4.56. The van der Waals surface area contributed by atoms with Gasteiger partial charge in [0.2, 0.25) is 0 Å². The summed E-state index contributed by atoms with van der Waals surface area (Å²) >= 11 is 0. The maximum absolute atomic E-state index is 5.87. The number of H-pyrrole nitrogens is 1. The molecule has 0 atom stereocenters. The van der Waals surface area contributed by atoms with Gasteiger partial charge in [0.1, 0.15) is 11.3 Å². The molecule has 3 aromatic rings. The summed E-state index contributed by atoms with van der Waals surface area (Å²) in [7, 11) is 0. The lowest BCUT2D eigenvalue weighted by Gasteiger charge is -2.09. The van der Waals surface area contributed by atoms with E-state index in [4.69, 9.17) is 5.73 Å². The van der Waals surface area contributed by atoms with Gasteiger partial charge in [-0.1, -0.05) is 6.92 Å². The summed E-state index contributed by atoms with van der Waals surface area (Å²) in [6, 6.07) is 5.68. The fourth-order valence-corrected chi connectivity index (χ4v) is 2.09. The highest BCUT2D eigenvalue weighted by atomic mass is 15.1. The average Bonchev–Trinajstić information content (AvgIpc) is 2.98. The fraction of sp³-hybridized carbons (Fsp3) is 0.214. The Balaban J connectivity index is 2.10. The number of aromatic nitrogens is 4. The van der Waals surface area contributed by atoms with E-state index in [0.29, 0.717) is 5.82 Å². The SMILES string of the molecule is CCCNc1cc(N)nc2cc(-c3ccn[nH]3)cnc12. The Labute approximate surface area is 116 Å². The Kier molecular flexibility index (Phi) is 3.20. The smallest absolute Gasteiger partial charge is 0.126 e. The molecule has 0 fully saturated rings. The topological polar surface area (TPSA) is 92.5 Å². The summed E-state index contributed by atoms with van der Waals surface area (Å²) in [6.45, 7) is 2.99. The van der Waals surface area contributed by atoms with E-state index in [9.17, 15) is 0 Å². The van der Waals surface area contributed by atoms with Gasteiger partial charge in [0.25, 0.3) is 0 Å². The first kappa shape index (κ1) is 12.4. The first-order valence-electron chi connectivity index (χ1n) is 6.58. The highest BCUT2D eigenvalue weighted by Gasteiger charge is 2.08. The van der Waals surface area contributed by atoms with Crippen LogP contribution in [-0.4, -0.2) is 26.7 Å². The van der Waals surface area contributed by atoms with E-state index < -0.39 is 0 Å². The van der Waals surface area contributed by atoms with E-state index in [0.717, 1.165) is 40.9 Å². The molecule has 0 saturated heterocycles. The van der Waals surface area contributed by atoms with Crippen LogP contribution in [-0.2, 0) is 0 Å². The number of hydrogen-bond acceptors (Lipinski definition) is 5. The number of pyridine rings is 2. The van der Waals surface area contributed by atoms with Crippen LogP contribution in [0.5, 0.6) is 0 Å². The van der Waals surface area contributed by atoms with Gasteiger partial charge in [-0.15, -0.1) is 0 Å². The van der Waals surface area contributed by atoms with Crippen molar-refractivity contribution < 1.29 is 0 Å². The Bertz CT molecular complexity index is 720. The van der Waals surface area contributed by atoms with E-state index in [1.54, 1.807) is 6.20 Å². The van der Waals surface area contributed by atoms with Gasteiger partial charge in [-0.2, -0.15) is 5.10 Å². The van der Waals surface area contributed by atoms with Gasteiger partial charge >= 0.3 is 0 Å². The Morgan fingerprint density at radius 1 is 1.35 bits per heavy atom. The predicted molar refractivity (Wildman–Crippen MR) is 80.3 cm³/mol. The molecule has 0 radical (unpaired) electrons. The van der Waals surface area contributed by atoms with Crippen LogP contribution in [0.15, 0.2) is 30.6 Å². The van der Waals surface area contributed by atoms with E-state index >= 15 is 0 Å². The van der Waals surface area contributed by atoms with Crippen LogP contribution >= 0.6 is 0 Å². The largest absolute Gasteiger partial charge is 0.384 e. The summed E-state index contributed by atoms with van der Waals surface area (Å²) < 4.78 is 0. The average molecular weight is 268 g/mol. The third kappa shape index (κ3) is 2.27. The van der Waals surface area contributed by atoms with Crippen LogP contribution in [0.2, 0.25) is 0 Å². The molecular weight excluding hydrogens is 252 g/mol. The number of anilines is 2. The van der Waals surface area contributed by atoms with E-state index in [-0.39, 0.29) is 0 Å². The summed E-state index contributed by atoms with van der Waals surface area (Å²) in [5.74, 6) is 0.486. The minimum atomic E-state index is 0.486. The molecule has 0 saturated carbocycles. The number of aromatic amines is 1. The van der Waals surface area contributed by atoms with Crippen molar-refractivity contribution in [1.82, 2.24) is 20.2 Å². The maximum Gasteiger partial charge on any atom is 0.126 e. The van der Waals surface area contributed by atoms with Gasteiger partial charge in [0.05, 0.1) is 16.9 Å². The summed E-state index contributed by atoms with van der Waals surface area (Å²) in [5.41, 5.74) is 10.2. The molecule has 0 bridgehead atoms. The molecule has 6 heteroatoms. The summed E-state index contributed by atoms with van der Waals surface area (Å²) in [4.78, 5) is 8.86. The molecule has 0 spiro atoms. The number of nitrogens with zero attached hydrogens (tertiary/aromatic N) is 3. The predicted octanol–water partition coefficient (Wildman–Crippen LogP) is 2.42. The monoisotopic (exact) mass is 268 g/mol. The summed E-state index contributed by atoms with van der Waals surface area (Å²) in [5, 5.41) is 10.2. The number of nitrogen functional groups attached to an aromatic ring is 1. The molecule has 3 rings (SSSR count). The van der Waals surface area contributed by atoms with Crippen LogP contribution < -0.4 is 11.1 Å². The van der Waals surface area contributed by atoms with Crippen molar-refractivity contribution >= 4 is 22.5 Å². The normalized spacial score (nSPS) is 10.8. The van der Waals surface area contributed by atoms with Crippen molar-refractivity contribution in [2.75, 3.05) is 17.6 Å². The molecular formula is C14H16N6. The third-order valence-electron chi connectivity index (χ3n) is 3.04. The van der Waals surface area contributed by atoms with Crippen molar-refractivity contribution in [2.45, 2.75) is 13.3 Å². The molecule has 20 heavy (non-hydrogen) atoms. The number of nitrogens with two attached hydrogens (primary N) is 1. The van der Waals surface area contributed by atoms with Crippen molar-refractivity contribution in [1.29, 1.82) is 0 Å². The molecule has 0 amide bonds. The molecule has 3 aromatic heterocycles. The van der Waals surface area contributed by atoms with Crippen molar-refractivity contribution in [3.63, 3.8) is 0 Å². The molecule has 102 valence electrons. The van der Waals surface area contributed by atoms with Gasteiger partial charge in [0, 0.05) is 30.6 Å². The van der Waals surface area contributed by atoms with Gasteiger partial charge < -0.3 is 11.1 Å².